The van der Waals surface area contributed by atoms with E-state index in [1.807, 2.05) is 61.5 Å². The quantitative estimate of drug-likeness (QED) is 0.325. The number of carbonyl (C=O) groups is 2. The molecular weight excluding hydrogens is 550 g/mol. The molecule has 3 aromatic rings. The number of hydrogen-bond donors (Lipinski definition) is 1. The minimum atomic E-state index is -3.83. The standard InChI is InChI=1S/C33H41N3O5S/c1-25-12-10-11-15-27(25)23-35(32(37)24-36(42(3,39)40)29-18-20-30(41-2)21-19-29)31(22-26-13-6-4-7-14-26)33(38)34-28-16-8-5-9-17-28/h4,6-7,10-15,18-21,28,31H,5,8-9,16-17,22-24H2,1-3H3,(H,34,38). The van der Waals surface area contributed by atoms with Crippen molar-refractivity contribution in [3.8, 4) is 5.75 Å². The summed E-state index contributed by atoms with van der Waals surface area (Å²) in [5, 5.41) is 3.22. The number of sulfonamides is 1. The van der Waals surface area contributed by atoms with Crippen molar-refractivity contribution in [1.82, 2.24) is 10.2 Å². The lowest BCUT2D eigenvalue weighted by atomic mass is 9.94. The Morgan fingerprint density at radius 2 is 1.57 bits per heavy atom. The van der Waals surface area contributed by atoms with Gasteiger partial charge in [0, 0.05) is 19.0 Å². The molecule has 3 aromatic carbocycles. The van der Waals surface area contributed by atoms with Crippen LogP contribution in [0, 0.1) is 6.92 Å². The van der Waals surface area contributed by atoms with E-state index in [1.54, 1.807) is 29.2 Å². The van der Waals surface area contributed by atoms with Gasteiger partial charge < -0.3 is 15.0 Å². The van der Waals surface area contributed by atoms with Crippen molar-refractivity contribution < 1.29 is 22.7 Å². The summed E-state index contributed by atoms with van der Waals surface area (Å²) in [5.41, 5.74) is 3.13. The van der Waals surface area contributed by atoms with Gasteiger partial charge in [0.15, 0.2) is 0 Å². The number of nitrogens with zero attached hydrogens (tertiary/aromatic N) is 2. The number of ether oxygens (including phenoxy) is 1. The summed E-state index contributed by atoms with van der Waals surface area (Å²) < 4.78 is 32.2. The molecular formula is C33H41N3O5S. The van der Waals surface area contributed by atoms with Crippen LogP contribution in [0.1, 0.15) is 48.8 Å². The summed E-state index contributed by atoms with van der Waals surface area (Å²) in [4.78, 5) is 29.8. The molecule has 2 amide bonds. The third-order valence-electron chi connectivity index (χ3n) is 7.86. The Morgan fingerprint density at radius 1 is 0.929 bits per heavy atom. The van der Waals surface area contributed by atoms with Gasteiger partial charge in [0.05, 0.1) is 19.1 Å². The molecule has 1 atom stereocenters. The Morgan fingerprint density at radius 3 is 2.19 bits per heavy atom. The maximum absolute atomic E-state index is 14.3. The van der Waals surface area contributed by atoms with Crippen LogP contribution in [0.2, 0.25) is 0 Å². The van der Waals surface area contributed by atoms with Crippen LogP contribution in [0.5, 0.6) is 5.75 Å². The molecule has 1 aliphatic rings. The van der Waals surface area contributed by atoms with E-state index in [9.17, 15) is 18.0 Å². The van der Waals surface area contributed by atoms with Gasteiger partial charge in [-0.1, -0.05) is 73.9 Å². The van der Waals surface area contributed by atoms with Crippen molar-refractivity contribution in [2.24, 2.45) is 0 Å². The normalized spacial score (nSPS) is 14.5. The Hall–Kier alpha value is -3.85. The third kappa shape index (κ3) is 8.35. The number of carbonyl (C=O) groups excluding carboxylic acids is 2. The molecule has 1 aliphatic carbocycles. The van der Waals surface area contributed by atoms with Crippen LogP contribution < -0.4 is 14.4 Å². The molecule has 0 radical (unpaired) electrons. The number of anilines is 1. The van der Waals surface area contributed by atoms with Crippen molar-refractivity contribution in [3.63, 3.8) is 0 Å². The molecule has 1 unspecified atom stereocenters. The molecule has 42 heavy (non-hydrogen) atoms. The molecule has 224 valence electrons. The molecule has 1 saturated carbocycles. The molecule has 1 fully saturated rings. The van der Waals surface area contributed by atoms with E-state index >= 15 is 0 Å². The second-order valence-corrected chi connectivity index (χ2v) is 12.9. The highest BCUT2D eigenvalue weighted by molar-refractivity contribution is 7.92. The summed E-state index contributed by atoms with van der Waals surface area (Å²) in [5.74, 6) is -0.107. The smallest absolute Gasteiger partial charge is 0.244 e. The van der Waals surface area contributed by atoms with E-state index < -0.39 is 28.5 Å². The second kappa shape index (κ2) is 14.4. The highest BCUT2D eigenvalue weighted by Gasteiger charge is 2.34. The highest BCUT2D eigenvalue weighted by atomic mass is 32.2. The van der Waals surface area contributed by atoms with Crippen molar-refractivity contribution >= 4 is 27.5 Å². The van der Waals surface area contributed by atoms with Crippen molar-refractivity contribution in [2.45, 2.75) is 64.1 Å². The molecule has 1 N–H and O–H groups in total. The third-order valence-corrected chi connectivity index (χ3v) is 9.00. The summed E-state index contributed by atoms with van der Waals surface area (Å²) in [6, 6.07) is 23.1. The first kappa shape index (κ1) is 31.1. The van der Waals surface area contributed by atoms with Gasteiger partial charge in [-0.3, -0.25) is 13.9 Å². The lowest BCUT2D eigenvalue weighted by molar-refractivity contribution is -0.140. The fourth-order valence-electron chi connectivity index (χ4n) is 5.43. The molecule has 0 saturated heterocycles. The summed E-state index contributed by atoms with van der Waals surface area (Å²) in [6.45, 7) is 1.69. The largest absolute Gasteiger partial charge is 0.497 e. The zero-order valence-electron chi connectivity index (χ0n) is 24.7. The first-order valence-electron chi connectivity index (χ1n) is 14.5. The molecule has 4 rings (SSSR count). The van der Waals surface area contributed by atoms with Crippen molar-refractivity contribution in [3.05, 3.63) is 95.6 Å². The lowest BCUT2D eigenvalue weighted by Gasteiger charge is -2.35. The number of benzene rings is 3. The van der Waals surface area contributed by atoms with E-state index in [4.69, 9.17) is 4.74 Å². The van der Waals surface area contributed by atoms with E-state index in [-0.39, 0.29) is 18.5 Å². The van der Waals surface area contributed by atoms with Gasteiger partial charge in [-0.15, -0.1) is 0 Å². The minimum absolute atomic E-state index is 0.0618. The number of methoxy groups -OCH3 is 1. The van der Waals surface area contributed by atoms with Gasteiger partial charge in [0.1, 0.15) is 18.3 Å². The van der Waals surface area contributed by atoms with Crippen LogP contribution in [0.15, 0.2) is 78.9 Å². The Bertz CT molecular complexity index is 1440. The number of hydrogen-bond acceptors (Lipinski definition) is 5. The monoisotopic (exact) mass is 591 g/mol. The lowest BCUT2D eigenvalue weighted by Crippen LogP contribution is -2.55. The SMILES string of the molecule is COc1ccc(N(CC(=O)N(Cc2ccccc2C)C(Cc2ccccc2)C(=O)NC2CCCCC2)S(C)(=O)=O)cc1. The Labute approximate surface area is 249 Å². The van der Waals surface area contributed by atoms with Gasteiger partial charge in [-0.05, 0) is 60.7 Å². The molecule has 9 heteroatoms. The minimum Gasteiger partial charge on any atom is -0.497 e. The average Bonchev–Trinajstić information content (AvgIpc) is 2.99. The zero-order chi connectivity index (χ0) is 30.1. The molecule has 0 bridgehead atoms. The van der Waals surface area contributed by atoms with E-state index in [2.05, 4.69) is 5.32 Å². The summed E-state index contributed by atoms with van der Waals surface area (Å²) >= 11 is 0. The van der Waals surface area contributed by atoms with Crippen LogP contribution >= 0.6 is 0 Å². The van der Waals surface area contributed by atoms with Crippen molar-refractivity contribution in [1.29, 1.82) is 0 Å². The average molecular weight is 592 g/mol. The highest BCUT2D eigenvalue weighted by Crippen LogP contribution is 2.24. The predicted molar refractivity (Wildman–Crippen MR) is 166 cm³/mol. The maximum atomic E-state index is 14.3. The Balaban J connectivity index is 1.72. The van der Waals surface area contributed by atoms with Crippen LogP contribution in [0.25, 0.3) is 0 Å². The predicted octanol–water partition coefficient (Wildman–Crippen LogP) is 4.86. The summed E-state index contributed by atoms with van der Waals surface area (Å²) in [7, 11) is -2.30. The first-order chi connectivity index (χ1) is 20.2. The molecule has 0 aliphatic heterocycles. The van der Waals surface area contributed by atoms with Crippen LogP contribution in [0.4, 0.5) is 5.69 Å². The molecule has 0 spiro atoms. The second-order valence-electron chi connectivity index (χ2n) is 11.0. The van der Waals surface area contributed by atoms with Crippen LogP contribution in [-0.4, -0.2) is 57.1 Å². The van der Waals surface area contributed by atoms with Crippen molar-refractivity contribution in [2.75, 3.05) is 24.2 Å². The number of amides is 2. The summed E-state index contributed by atoms with van der Waals surface area (Å²) in [6.07, 6.45) is 6.48. The van der Waals surface area contributed by atoms with Crippen LogP contribution in [0.3, 0.4) is 0 Å². The van der Waals surface area contributed by atoms with Crippen LogP contribution in [-0.2, 0) is 32.6 Å². The maximum Gasteiger partial charge on any atom is 0.244 e. The molecule has 0 heterocycles. The van der Waals surface area contributed by atoms with E-state index in [0.29, 0.717) is 17.9 Å². The Kier molecular flexibility index (Phi) is 10.6. The van der Waals surface area contributed by atoms with E-state index in [0.717, 1.165) is 59.4 Å². The number of rotatable bonds is 12. The van der Waals surface area contributed by atoms with Gasteiger partial charge in [-0.25, -0.2) is 8.42 Å². The van der Waals surface area contributed by atoms with Gasteiger partial charge in [-0.2, -0.15) is 0 Å². The molecule has 8 nitrogen and oxygen atoms in total. The zero-order valence-corrected chi connectivity index (χ0v) is 25.5. The fraction of sp³-hybridized carbons (Fsp3) is 0.394. The number of aryl methyl sites for hydroxylation is 1. The topological polar surface area (TPSA) is 96.0 Å². The van der Waals surface area contributed by atoms with E-state index in [1.165, 1.54) is 7.11 Å². The van der Waals surface area contributed by atoms with Gasteiger partial charge in [0.2, 0.25) is 21.8 Å². The molecule has 0 aromatic heterocycles. The fourth-order valence-corrected chi connectivity index (χ4v) is 6.28. The number of nitrogens with one attached hydrogen (secondary N) is 1. The van der Waals surface area contributed by atoms with Gasteiger partial charge >= 0.3 is 0 Å². The van der Waals surface area contributed by atoms with Gasteiger partial charge in [0.25, 0.3) is 0 Å². The first-order valence-corrected chi connectivity index (χ1v) is 16.3.